The van der Waals surface area contributed by atoms with Gasteiger partial charge in [-0.2, -0.15) is 0 Å². The number of hydrogen-bond donors (Lipinski definition) is 1. The van der Waals surface area contributed by atoms with Gasteiger partial charge in [0.1, 0.15) is 0 Å². The number of nitrogens with zero attached hydrogens (tertiary/aromatic N) is 1. The second kappa shape index (κ2) is 15.8. The van der Waals surface area contributed by atoms with E-state index in [2.05, 4.69) is 33.0 Å². The molecule has 0 aromatic rings. The fourth-order valence-corrected chi connectivity index (χ4v) is 4.25. The lowest BCUT2D eigenvalue weighted by molar-refractivity contribution is -0.138. The molecule has 0 aromatic heterocycles. The van der Waals surface area contributed by atoms with E-state index in [-0.39, 0.29) is 42.4 Å². The third-order valence-electron chi connectivity index (χ3n) is 4.76. The number of amides is 3. The molecule has 1 rings (SSSR count). The zero-order chi connectivity index (χ0) is 22.3. The van der Waals surface area contributed by atoms with Crippen molar-refractivity contribution in [2.24, 2.45) is 5.41 Å². The molecule has 5 nitrogen and oxygen atoms in total. The Morgan fingerprint density at radius 3 is 2.38 bits per heavy atom. The third-order valence-corrected chi connectivity index (χ3v) is 6.05. The van der Waals surface area contributed by atoms with Crippen molar-refractivity contribution in [2.45, 2.75) is 105 Å². The van der Waals surface area contributed by atoms with Gasteiger partial charge in [0.25, 0.3) is 0 Å². The molecule has 0 radical (unpaired) electrons. The van der Waals surface area contributed by atoms with Crippen molar-refractivity contribution in [3.8, 4) is 0 Å². The fraction of sp³-hybridized carbons (Fsp3) is 0.870. The summed E-state index contributed by atoms with van der Waals surface area (Å²) in [6, 6.07) is 0. The van der Waals surface area contributed by atoms with Crippen molar-refractivity contribution in [3.63, 3.8) is 0 Å². The number of carbonyl (C=O) groups excluding carboxylic acids is 3. The molecular weight excluding hydrogens is 384 g/mol. The maximum atomic E-state index is 12.4. The first-order chi connectivity index (χ1) is 13.7. The lowest BCUT2D eigenvalue weighted by atomic mass is 9.89. The van der Waals surface area contributed by atoms with Gasteiger partial charge < -0.3 is 5.32 Å². The number of unbranched alkanes of at least 4 members (excludes halogenated alkanes) is 4. The molecule has 3 amide bonds. The Kier molecular flexibility index (Phi) is 15.2. The smallest absolute Gasteiger partial charge is 0.242 e. The van der Waals surface area contributed by atoms with Gasteiger partial charge in [-0.1, -0.05) is 67.2 Å². The van der Waals surface area contributed by atoms with Crippen molar-refractivity contribution in [1.82, 2.24) is 10.2 Å². The highest BCUT2D eigenvalue weighted by molar-refractivity contribution is 8.00. The van der Waals surface area contributed by atoms with Crippen LogP contribution < -0.4 is 5.32 Å². The van der Waals surface area contributed by atoms with Crippen LogP contribution in [0.15, 0.2) is 0 Å². The molecule has 1 saturated heterocycles. The van der Waals surface area contributed by atoms with Gasteiger partial charge in [-0.15, -0.1) is 11.8 Å². The minimum Gasteiger partial charge on any atom is -0.356 e. The molecule has 1 atom stereocenters. The zero-order valence-corrected chi connectivity index (χ0v) is 20.5. The van der Waals surface area contributed by atoms with Crippen LogP contribution in [0, 0.1) is 5.41 Å². The predicted molar refractivity (Wildman–Crippen MR) is 124 cm³/mol. The van der Waals surface area contributed by atoms with E-state index in [4.69, 9.17) is 0 Å². The van der Waals surface area contributed by atoms with Crippen LogP contribution in [0.4, 0.5) is 0 Å². The van der Waals surface area contributed by atoms with Crippen molar-refractivity contribution < 1.29 is 14.4 Å². The van der Waals surface area contributed by atoms with Crippen molar-refractivity contribution in [2.75, 3.05) is 18.8 Å². The number of likely N-dealkylation sites (tertiary alicyclic amines) is 1. The van der Waals surface area contributed by atoms with Crippen LogP contribution in [0.3, 0.4) is 0 Å². The number of thioether (sulfide) groups is 1. The summed E-state index contributed by atoms with van der Waals surface area (Å²) in [5, 5.41) is 2.57. The molecule has 6 heteroatoms. The molecule has 0 bridgehead atoms. The molecule has 1 aliphatic rings. The second-order valence-corrected chi connectivity index (χ2v) is 9.94. The highest BCUT2D eigenvalue weighted by Gasteiger charge is 2.38. The second-order valence-electron chi connectivity index (χ2n) is 8.63. The molecule has 0 aliphatic carbocycles. The highest BCUT2D eigenvalue weighted by atomic mass is 32.2. The Labute approximate surface area is 183 Å². The van der Waals surface area contributed by atoms with Crippen LogP contribution in [0.5, 0.6) is 0 Å². The molecule has 29 heavy (non-hydrogen) atoms. The Hall–Kier alpha value is -1.04. The maximum Gasteiger partial charge on any atom is 0.242 e. The summed E-state index contributed by atoms with van der Waals surface area (Å²) < 4.78 is 0. The average molecular weight is 429 g/mol. The van der Waals surface area contributed by atoms with E-state index >= 15 is 0 Å². The van der Waals surface area contributed by atoms with Gasteiger partial charge in [0, 0.05) is 25.9 Å². The van der Waals surface area contributed by atoms with Gasteiger partial charge in [-0.25, -0.2) is 0 Å². The van der Waals surface area contributed by atoms with Crippen molar-refractivity contribution >= 4 is 29.5 Å². The minimum atomic E-state index is -0.254. The van der Waals surface area contributed by atoms with E-state index < -0.39 is 0 Å². The normalized spacial score (nSPS) is 16.6. The lowest BCUT2D eigenvalue weighted by Gasteiger charge is -2.17. The summed E-state index contributed by atoms with van der Waals surface area (Å²) >= 11 is 1.60. The number of rotatable bonds is 13. The van der Waals surface area contributed by atoms with E-state index in [9.17, 15) is 14.4 Å². The summed E-state index contributed by atoms with van der Waals surface area (Å²) in [6.45, 7) is 13.7. The lowest BCUT2D eigenvalue weighted by Crippen LogP contribution is -2.35. The number of hydrogen-bond acceptors (Lipinski definition) is 4. The predicted octanol–water partition coefficient (Wildman–Crippen LogP) is 5.18. The van der Waals surface area contributed by atoms with Crippen molar-refractivity contribution in [3.05, 3.63) is 0 Å². The topological polar surface area (TPSA) is 66.5 Å². The summed E-state index contributed by atoms with van der Waals surface area (Å²) in [6.07, 6.45) is 8.46. The van der Waals surface area contributed by atoms with E-state index in [1.807, 2.05) is 13.8 Å². The third kappa shape index (κ3) is 13.0. The highest BCUT2D eigenvalue weighted by Crippen LogP contribution is 2.27. The Morgan fingerprint density at radius 1 is 1.10 bits per heavy atom. The van der Waals surface area contributed by atoms with Crippen LogP contribution in [-0.4, -0.2) is 46.7 Å². The quantitative estimate of drug-likeness (QED) is 0.324. The molecule has 1 heterocycles. The molecule has 1 unspecified atom stereocenters. The first-order valence-electron chi connectivity index (χ1n) is 11.5. The summed E-state index contributed by atoms with van der Waals surface area (Å²) in [4.78, 5) is 37.6. The molecule has 1 N–H and O–H groups in total. The molecule has 0 saturated carbocycles. The summed E-state index contributed by atoms with van der Waals surface area (Å²) in [5.74, 6) is 0.586. The van der Waals surface area contributed by atoms with Crippen LogP contribution in [0.2, 0.25) is 0 Å². The Bertz CT molecular complexity index is 489. The standard InChI is InChI=1S/C21H38N2O3S.C2H6/c1-5-6-13-22-18(24)11-14-23-19(25)16-17(20(23)26)27-15-10-8-7-9-12-21(2,3)4;1-2/h17H,5-16H2,1-4H3,(H,22,24);1-2H3. The maximum absolute atomic E-state index is 12.4. The molecule has 0 spiro atoms. The largest absolute Gasteiger partial charge is 0.356 e. The fourth-order valence-electron chi connectivity index (χ4n) is 3.06. The van der Waals surface area contributed by atoms with Gasteiger partial charge in [0.15, 0.2) is 0 Å². The first-order valence-corrected chi connectivity index (χ1v) is 12.5. The zero-order valence-electron chi connectivity index (χ0n) is 19.6. The van der Waals surface area contributed by atoms with Gasteiger partial charge in [-0.05, 0) is 30.4 Å². The Balaban J connectivity index is 0.00000379. The van der Waals surface area contributed by atoms with Crippen LogP contribution in [-0.2, 0) is 14.4 Å². The van der Waals surface area contributed by atoms with Gasteiger partial charge in [-0.3, -0.25) is 19.3 Å². The van der Waals surface area contributed by atoms with Crippen molar-refractivity contribution in [1.29, 1.82) is 0 Å². The molecule has 0 aromatic carbocycles. The van der Waals surface area contributed by atoms with E-state index in [0.717, 1.165) is 25.0 Å². The van der Waals surface area contributed by atoms with E-state index in [1.165, 1.54) is 30.6 Å². The number of carbonyl (C=O) groups is 3. The molecular formula is C23H44N2O3S. The number of nitrogens with one attached hydrogen (secondary N) is 1. The monoisotopic (exact) mass is 428 g/mol. The molecule has 1 fully saturated rings. The average Bonchev–Trinajstić information content (AvgIpc) is 2.93. The van der Waals surface area contributed by atoms with Crippen LogP contribution in [0.1, 0.15) is 99.3 Å². The summed E-state index contributed by atoms with van der Waals surface area (Å²) in [7, 11) is 0. The minimum absolute atomic E-state index is 0.0876. The summed E-state index contributed by atoms with van der Waals surface area (Å²) in [5.41, 5.74) is 0.405. The first kappa shape index (κ1) is 28.0. The van der Waals surface area contributed by atoms with Crippen LogP contribution in [0.25, 0.3) is 0 Å². The van der Waals surface area contributed by atoms with E-state index in [0.29, 0.717) is 12.0 Å². The molecule has 170 valence electrons. The van der Waals surface area contributed by atoms with Crippen LogP contribution >= 0.6 is 11.8 Å². The molecule has 1 aliphatic heterocycles. The number of imide groups is 1. The van der Waals surface area contributed by atoms with Gasteiger partial charge >= 0.3 is 0 Å². The SMILES string of the molecule is CC.CCCCNC(=O)CCN1C(=O)CC(SCCCCCCC(C)(C)C)C1=O. The van der Waals surface area contributed by atoms with Gasteiger partial charge in [0.2, 0.25) is 17.7 Å². The Morgan fingerprint density at radius 2 is 1.76 bits per heavy atom. The van der Waals surface area contributed by atoms with Gasteiger partial charge in [0.05, 0.1) is 5.25 Å². The van der Waals surface area contributed by atoms with E-state index in [1.54, 1.807) is 11.8 Å².